The van der Waals surface area contributed by atoms with Gasteiger partial charge in [0, 0.05) is 6.04 Å². The number of carbonyl (C=O) groups is 1. The highest BCUT2D eigenvalue weighted by Crippen LogP contribution is 2.30. The van der Waals surface area contributed by atoms with E-state index in [4.69, 9.17) is 9.47 Å². The summed E-state index contributed by atoms with van der Waals surface area (Å²) in [5.41, 5.74) is 0.727. The number of esters is 1. The van der Waals surface area contributed by atoms with E-state index in [9.17, 15) is 9.90 Å². The van der Waals surface area contributed by atoms with Gasteiger partial charge in [0.2, 0.25) is 0 Å². The number of aromatic hydroxyl groups is 1. The van der Waals surface area contributed by atoms with Crippen LogP contribution in [0.15, 0.2) is 18.2 Å². The number of hydrogen-bond acceptors (Lipinski definition) is 5. The Morgan fingerprint density at radius 3 is 2.84 bits per heavy atom. The van der Waals surface area contributed by atoms with E-state index in [1.54, 1.807) is 12.1 Å². The highest BCUT2D eigenvalue weighted by molar-refractivity contribution is 5.78. The van der Waals surface area contributed by atoms with Crippen molar-refractivity contribution in [1.82, 2.24) is 5.32 Å². The van der Waals surface area contributed by atoms with E-state index >= 15 is 0 Å². The van der Waals surface area contributed by atoms with Crippen LogP contribution in [0.25, 0.3) is 0 Å². The zero-order valence-electron chi connectivity index (χ0n) is 11.3. The Balaban J connectivity index is 2.26. The first-order valence-corrected chi connectivity index (χ1v) is 6.32. The molecule has 2 rings (SSSR count). The summed E-state index contributed by atoms with van der Waals surface area (Å²) in [7, 11) is 1.47. The molecule has 5 nitrogen and oxygen atoms in total. The second kappa shape index (κ2) is 5.48. The van der Waals surface area contributed by atoms with Crippen LogP contribution in [0.4, 0.5) is 0 Å². The van der Waals surface area contributed by atoms with Crippen molar-refractivity contribution in [3.05, 3.63) is 23.8 Å². The van der Waals surface area contributed by atoms with Crippen LogP contribution in [-0.2, 0) is 9.53 Å². The van der Waals surface area contributed by atoms with Gasteiger partial charge in [-0.15, -0.1) is 0 Å². The lowest BCUT2D eigenvalue weighted by molar-refractivity contribution is -0.152. The summed E-state index contributed by atoms with van der Waals surface area (Å²) in [6.07, 6.45) is 0. The van der Waals surface area contributed by atoms with Crippen molar-refractivity contribution in [2.75, 3.05) is 13.7 Å². The third kappa shape index (κ3) is 2.81. The molecular weight excluding hydrogens is 246 g/mol. The molecule has 0 spiro atoms. The molecule has 0 saturated carbocycles. The van der Waals surface area contributed by atoms with Gasteiger partial charge in [-0.25, -0.2) is 4.79 Å². The topological polar surface area (TPSA) is 67.8 Å². The molecule has 5 heteroatoms. The zero-order chi connectivity index (χ0) is 14.0. The summed E-state index contributed by atoms with van der Waals surface area (Å²) in [5, 5.41) is 12.9. The SMILES string of the molecule is COc1cc([C@@H]2N[C@@H](C(C)C)COC2=O)ccc1O. The monoisotopic (exact) mass is 265 g/mol. The second-order valence-corrected chi connectivity index (χ2v) is 5.01. The molecule has 0 unspecified atom stereocenters. The number of nitrogens with one attached hydrogen (secondary N) is 1. The molecule has 19 heavy (non-hydrogen) atoms. The van der Waals surface area contributed by atoms with Gasteiger partial charge in [-0.1, -0.05) is 19.9 Å². The maximum Gasteiger partial charge on any atom is 0.327 e. The van der Waals surface area contributed by atoms with Crippen molar-refractivity contribution in [1.29, 1.82) is 0 Å². The fourth-order valence-corrected chi connectivity index (χ4v) is 2.08. The lowest BCUT2D eigenvalue weighted by atomic mass is 9.98. The number of carbonyl (C=O) groups excluding carboxylic acids is 1. The first kappa shape index (κ1) is 13.7. The van der Waals surface area contributed by atoms with Crippen molar-refractivity contribution in [3.8, 4) is 11.5 Å². The van der Waals surface area contributed by atoms with Gasteiger partial charge in [-0.05, 0) is 23.6 Å². The molecule has 2 N–H and O–H groups in total. The van der Waals surface area contributed by atoms with E-state index in [0.717, 1.165) is 5.56 Å². The molecule has 0 radical (unpaired) electrons. The van der Waals surface area contributed by atoms with Gasteiger partial charge in [0.05, 0.1) is 7.11 Å². The number of rotatable bonds is 3. The quantitative estimate of drug-likeness (QED) is 0.813. The first-order chi connectivity index (χ1) is 9.02. The van der Waals surface area contributed by atoms with Crippen LogP contribution >= 0.6 is 0 Å². The molecule has 0 bridgehead atoms. The highest BCUT2D eigenvalue weighted by Gasteiger charge is 2.32. The average Bonchev–Trinajstić information content (AvgIpc) is 2.40. The number of methoxy groups -OCH3 is 1. The Morgan fingerprint density at radius 1 is 1.47 bits per heavy atom. The summed E-state index contributed by atoms with van der Waals surface area (Å²) in [5.74, 6) is 0.467. The third-order valence-corrected chi connectivity index (χ3v) is 3.36. The maximum absolute atomic E-state index is 11.9. The number of benzene rings is 1. The van der Waals surface area contributed by atoms with E-state index < -0.39 is 6.04 Å². The van der Waals surface area contributed by atoms with Gasteiger partial charge in [-0.3, -0.25) is 5.32 Å². The van der Waals surface area contributed by atoms with Gasteiger partial charge < -0.3 is 14.6 Å². The Labute approximate surface area is 112 Å². The Kier molecular flexibility index (Phi) is 3.95. The molecule has 1 saturated heterocycles. The highest BCUT2D eigenvalue weighted by atomic mass is 16.5. The Bertz CT molecular complexity index is 473. The van der Waals surface area contributed by atoms with Crippen LogP contribution < -0.4 is 10.1 Å². The molecular formula is C14H19NO4. The molecule has 0 aliphatic carbocycles. The molecule has 1 aliphatic rings. The molecule has 1 aromatic rings. The predicted octanol–water partition coefficient (Wildman–Crippen LogP) is 1.61. The lowest BCUT2D eigenvalue weighted by Gasteiger charge is -2.32. The minimum absolute atomic E-state index is 0.0517. The van der Waals surface area contributed by atoms with Crippen LogP contribution in [0, 0.1) is 5.92 Å². The summed E-state index contributed by atoms with van der Waals surface area (Å²) >= 11 is 0. The third-order valence-electron chi connectivity index (χ3n) is 3.36. The number of hydrogen-bond donors (Lipinski definition) is 2. The van der Waals surface area contributed by atoms with Crippen molar-refractivity contribution in [2.45, 2.75) is 25.9 Å². The molecule has 1 heterocycles. The fourth-order valence-electron chi connectivity index (χ4n) is 2.08. The van der Waals surface area contributed by atoms with Crippen LogP contribution in [0.5, 0.6) is 11.5 Å². The average molecular weight is 265 g/mol. The standard InChI is InChI=1S/C14H19NO4/c1-8(2)10-7-19-14(17)13(15-10)9-4-5-11(16)12(6-9)18-3/h4-6,8,10,13,15-16H,7H2,1-3H3/t10-,13+/m1/s1. The van der Waals surface area contributed by atoms with E-state index in [2.05, 4.69) is 19.2 Å². The van der Waals surface area contributed by atoms with Crippen LogP contribution in [0.3, 0.4) is 0 Å². The van der Waals surface area contributed by atoms with Crippen LogP contribution in [-0.4, -0.2) is 30.8 Å². The predicted molar refractivity (Wildman–Crippen MR) is 70.1 cm³/mol. The molecule has 1 aromatic carbocycles. The van der Waals surface area contributed by atoms with Crippen LogP contribution in [0.1, 0.15) is 25.5 Å². The summed E-state index contributed by atoms with van der Waals surface area (Å²) in [6, 6.07) is 4.47. The van der Waals surface area contributed by atoms with Crippen molar-refractivity contribution < 1.29 is 19.4 Å². The minimum atomic E-state index is -0.518. The lowest BCUT2D eigenvalue weighted by Crippen LogP contribution is -2.49. The van der Waals surface area contributed by atoms with E-state index in [-0.39, 0.29) is 17.8 Å². The van der Waals surface area contributed by atoms with Gasteiger partial charge in [0.1, 0.15) is 12.6 Å². The summed E-state index contributed by atoms with van der Waals surface area (Å²) < 4.78 is 10.3. The number of morpholine rings is 1. The minimum Gasteiger partial charge on any atom is -0.504 e. The van der Waals surface area contributed by atoms with Gasteiger partial charge in [0.25, 0.3) is 0 Å². The first-order valence-electron chi connectivity index (χ1n) is 6.32. The van der Waals surface area contributed by atoms with E-state index in [0.29, 0.717) is 18.3 Å². The maximum atomic E-state index is 11.9. The van der Waals surface area contributed by atoms with Crippen molar-refractivity contribution in [2.24, 2.45) is 5.92 Å². The second-order valence-electron chi connectivity index (χ2n) is 5.01. The van der Waals surface area contributed by atoms with Crippen molar-refractivity contribution in [3.63, 3.8) is 0 Å². The molecule has 104 valence electrons. The Hall–Kier alpha value is -1.75. The molecule has 0 amide bonds. The summed E-state index contributed by atoms with van der Waals surface area (Å²) in [4.78, 5) is 11.9. The van der Waals surface area contributed by atoms with Gasteiger partial charge >= 0.3 is 5.97 Å². The number of cyclic esters (lactones) is 1. The largest absolute Gasteiger partial charge is 0.504 e. The van der Waals surface area contributed by atoms with Gasteiger partial charge in [0.15, 0.2) is 11.5 Å². The number of phenolic OH excluding ortho intramolecular Hbond substituents is 1. The molecule has 0 aromatic heterocycles. The van der Waals surface area contributed by atoms with E-state index in [1.807, 2.05) is 0 Å². The summed E-state index contributed by atoms with van der Waals surface area (Å²) in [6.45, 7) is 4.54. The normalized spacial score (nSPS) is 23.3. The van der Waals surface area contributed by atoms with Gasteiger partial charge in [-0.2, -0.15) is 0 Å². The smallest absolute Gasteiger partial charge is 0.327 e. The zero-order valence-corrected chi connectivity index (χ0v) is 11.3. The van der Waals surface area contributed by atoms with E-state index in [1.165, 1.54) is 13.2 Å². The van der Waals surface area contributed by atoms with Crippen LogP contribution in [0.2, 0.25) is 0 Å². The Morgan fingerprint density at radius 2 is 2.21 bits per heavy atom. The van der Waals surface area contributed by atoms with Crippen molar-refractivity contribution >= 4 is 5.97 Å². The number of phenols is 1. The number of ether oxygens (including phenoxy) is 2. The fraction of sp³-hybridized carbons (Fsp3) is 0.500. The molecule has 1 fully saturated rings. The molecule has 2 atom stereocenters. The molecule has 1 aliphatic heterocycles.